The first kappa shape index (κ1) is 10.9. The summed E-state index contributed by atoms with van der Waals surface area (Å²) in [6.07, 6.45) is 5.30. The first-order valence-electron chi connectivity index (χ1n) is 6.26. The minimum atomic E-state index is 0.446. The average molecular weight is 261 g/mol. The molecule has 0 aliphatic carbocycles. The second kappa shape index (κ2) is 4.03. The van der Waals surface area contributed by atoms with Gasteiger partial charge >= 0.3 is 0 Å². The zero-order valence-electron chi connectivity index (χ0n) is 10.6. The molecule has 5 nitrogen and oxygen atoms in total. The molecule has 4 rings (SSSR count). The van der Waals surface area contributed by atoms with Crippen LogP contribution in [-0.2, 0) is 0 Å². The molecule has 96 valence electrons. The van der Waals surface area contributed by atoms with E-state index in [0.717, 1.165) is 22.1 Å². The van der Waals surface area contributed by atoms with Crippen molar-refractivity contribution < 1.29 is 0 Å². The molecule has 20 heavy (non-hydrogen) atoms. The highest BCUT2D eigenvalue weighted by Crippen LogP contribution is 2.28. The van der Waals surface area contributed by atoms with E-state index in [1.807, 2.05) is 41.0 Å². The minimum absolute atomic E-state index is 0.446. The van der Waals surface area contributed by atoms with Crippen LogP contribution in [0, 0.1) is 0 Å². The molecule has 0 aliphatic rings. The predicted octanol–water partition coefficient (Wildman–Crippen LogP) is 2.55. The van der Waals surface area contributed by atoms with E-state index in [0.29, 0.717) is 11.3 Å². The van der Waals surface area contributed by atoms with Crippen molar-refractivity contribution in [2.75, 3.05) is 5.73 Å². The monoisotopic (exact) mass is 261 g/mol. The summed E-state index contributed by atoms with van der Waals surface area (Å²) >= 11 is 0. The molecule has 0 unspecified atom stereocenters. The summed E-state index contributed by atoms with van der Waals surface area (Å²) in [6, 6.07) is 11.8. The number of para-hydroxylation sites is 1. The van der Waals surface area contributed by atoms with Crippen LogP contribution in [0.15, 0.2) is 55.1 Å². The fourth-order valence-electron chi connectivity index (χ4n) is 2.44. The van der Waals surface area contributed by atoms with Crippen LogP contribution in [0.3, 0.4) is 0 Å². The molecule has 0 spiro atoms. The van der Waals surface area contributed by atoms with Gasteiger partial charge in [0.05, 0.1) is 22.9 Å². The van der Waals surface area contributed by atoms with E-state index in [1.54, 1.807) is 18.7 Å². The highest BCUT2D eigenvalue weighted by molar-refractivity contribution is 6.06. The quantitative estimate of drug-likeness (QED) is 0.571. The number of hydrogen-bond acceptors (Lipinski definition) is 4. The first-order valence-corrected chi connectivity index (χ1v) is 6.26. The van der Waals surface area contributed by atoms with Crippen LogP contribution < -0.4 is 5.73 Å². The van der Waals surface area contributed by atoms with Gasteiger partial charge in [0.15, 0.2) is 5.82 Å². The van der Waals surface area contributed by atoms with Crippen LogP contribution in [0.4, 0.5) is 5.82 Å². The highest BCUT2D eigenvalue weighted by Gasteiger charge is 2.12. The lowest BCUT2D eigenvalue weighted by Crippen LogP contribution is -1.96. The SMILES string of the molecule is Nc1nc2ccccc2c2c1ncn2-c1cccnc1. The second-order valence-corrected chi connectivity index (χ2v) is 4.54. The Bertz CT molecular complexity index is 912. The Morgan fingerprint density at radius 1 is 1.05 bits per heavy atom. The van der Waals surface area contributed by atoms with Crippen LogP contribution in [-0.4, -0.2) is 19.5 Å². The van der Waals surface area contributed by atoms with E-state index in [9.17, 15) is 0 Å². The molecule has 0 amide bonds. The molecule has 1 aromatic carbocycles. The molecule has 3 aromatic heterocycles. The van der Waals surface area contributed by atoms with E-state index < -0.39 is 0 Å². The Morgan fingerprint density at radius 3 is 2.80 bits per heavy atom. The number of pyridine rings is 2. The second-order valence-electron chi connectivity index (χ2n) is 4.54. The lowest BCUT2D eigenvalue weighted by Gasteiger charge is -2.07. The molecule has 0 saturated carbocycles. The molecule has 4 aromatic rings. The Hall–Kier alpha value is -2.95. The highest BCUT2D eigenvalue weighted by atomic mass is 15.1. The van der Waals surface area contributed by atoms with Gasteiger partial charge in [-0.2, -0.15) is 0 Å². The van der Waals surface area contributed by atoms with Crippen molar-refractivity contribution in [1.29, 1.82) is 0 Å². The standard InChI is InChI=1S/C15H11N5/c16-15-13-14(11-5-1-2-6-12(11)19-15)20(9-18-13)10-4-3-7-17-8-10/h1-9H,(H2,16,19). The van der Waals surface area contributed by atoms with Crippen LogP contribution in [0.2, 0.25) is 0 Å². The fraction of sp³-hybridized carbons (Fsp3) is 0. The van der Waals surface area contributed by atoms with Gasteiger partial charge in [-0.15, -0.1) is 0 Å². The van der Waals surface area contributed by atoms with Crippen molar-refractivity contribution in [2.45, 2.75) is 0 Å². The van der Waals surface area contributed by atoms with E-state index in [2.05, 4.69) is 15.0 Å². The van der Waals surface area contributed by atoms with Crippen LogP contribution in [0.5, 0.6) is 0 Å². The number of imidazole rings is 1. The summed E-state index contributed by atoms with van der Waals surface area (Å²) in [5.74, 6) is 0.446. The van der Waals surface area contributed by atoms with Gasteiger partial charge in [-0.05, 0) is 18.2 Å². The van der Waals surface area contributed by atoms with Gasteiger partial charge in [0.2, 0.25) is 0 Å². The van der Waals surface area contributed by atoms with Gasteiger partial charge < -0.3 is 5.73 Å². The molecule has 0 radical (unpaired) electrons. The van der Waals surface area contributed by atoms with Crippen LogP contribution >= 0.6 is 0 Å². The third-order valence-corrected chi connectivity index (χ3v) is 3.33. The summed E-state index contributed by atoms with van der Waals surface area (Å²) < 4.78 is 1.99. The van der Waals surface area contributed by atoms with Gasteiger partial charge in [-0.25, -0.2) is 9.97 Å². The van der Waals surface area contributed by atoms with Crippen molar-refractivity contribution in [1.82, 2.24) is 19.5 Å². The number of benzene rings is 1. The van der Waals surface area contributed by atoms with Crippen molar-refractivity contribution in [3.05, 3.63) is 55.1 Å². The topological polar surface area (TPSA) is 69.6 Å². The van der Waals surface area contributed by atoms with E-state index >= 15 is 0 Å². The molecule has 0 aliphatic heterocycles. The zero-order valence-corrected chi connectivity index (χ0v) is 10.6. The smallest absolute Gasteiger partial charge is 0.152 e. The van der Waals surface area contributed by atoms with E-state index in [1.165, 1.54) is 0 Å². The fourth-order valence-corrected chi connectivity index (χ4v) is 2.44. The van der Waals surface area contributed by atoms with Crippen molar-refractivity contribution in [3.63, 3.8) is 0 Å². The minimum Gasteiger partial charge on any atom is -0.382 e. The summed E-state index contributed by atoms with van der Waals surface area (Å²) in [4.78, 5) is 12.9. The number of nitrogen functional groups attached to an aromatic ring is 1. The number of nitrogens with two attached hydrogens (primary N) is 1. The lowest BCUT2D eigenvalue weighted by atomic mass is 10.2. The summed E-state index contributed by atoms with van der Waals surface area (Å²) in [7, 11) is 0. The van der Waals surface area contributed by atoms with Gasteiger partial charge in [0.1, 0.15) is 11.8 Å². The molecule has 5 heteroatoms. The molecule has 3 heterocycles. The van der Waals surface area contributed by atoms with Crippen molar-refractivity contribution >= 4 is 27.8 Å². The number of fused-ring (bicyclic) bond motifs is 3. The Labute approximate surface area is 114 Å². The van der Waals surface area contributed by atoms with Crippen LogP contribution in [0.25, 0.3) is 27.6 Å². The lowest BCUT2D eigenvalue weighted by molar-refractivity contribution is 1.07. The van der Waals surface area contributed by atoms with Crippen molar-refractivity contribution in [2.24, 2.45) is 0 Å². The normalized spacial score (nSPS) is 11.2. The summed E-state index contributed by atoms with van der Waals surface area (Å²) in [5, 5.41) is 1.03. The maximum Gasteiger partial charge on any atom is 0.152 e. The van der Waals surface area contributed by atoms with E-state index in [-0.39, 0.29) is 0 Å². The number of nitrogens with zero attached hydrogens (tertiary/aromatic N) is 4. The summed E-state index contributed by atoms with van der Waals surface area (Å²) in [6.45, 7) is 0. The number of hydrogen-bond donors (Lipinski definition) is 1. The Balaban J connectivity index is 2.19. The van der Waals surface area contributed by atoms with Crippen LogP contribution in [0.1, 0.15) is 0 Å². The predicted molar refractivity (Wildman–Crippen MR) is 78.6 cm³/mol. The largest absolute Gasteiger partial charge is 0.382 e. The molecule has 0 bridgehead atoms. The third kappa shape index (κ3) is 1.46. The average Bonchev–Trinajstić information content (AvgIpc) is 2.94. The third-order valence-electron chi connectivity index (χ3n) is 3.33. The maximum atomic E-state index is 6.01. The maximum absolute atomic E-state index is 6.01. The van der Waals surface area contributed by atoms with Gasteiger partial charge in [-0.1, -0.05) is 18.2 Å². The number of aromatic nitrogens is 4. The van der Waals surface area contributed by atoms with Gasteiger partial charge in [-0.3, -0.25) is 9.55 Å². The first-order chi connectivity index (χ1) is 9.84. The number of rotatable bonds is 1. The van der Waals surface area contributed by atoms with Gasteiger partial charge in [0.25, 0.3) is 0 Å². The van der Waals surface area contributed by atoms with E-state index in [4.69, 9.17) is 5.73 Å². The molecular weight excluding hydrogens is 250 g/mol. The molecule has 2 N–H and O–H groups in total. The molecular formula is C15H11N5. The molecule has 0 saturated heterocycles. The Kier molecular flexibility index (Phi) is 2.20. The Morgan fingerprint density at radius 2 is 1.95 bits per heavy atom. The zero-order chi connectivity index (χ0) is 13.5. The summed E-state index contributed by atoms with van der Waals surface area (Å²) in [5.41, 5.74) is 9.50. The molecule has 0 fully saturated rings. The van der Waals surface area contributed by atoms with Gasteiger partial charge in [0, 0.05) is 11.6 Å². The molecule has 0 atom stereocenters. The number of anilines is 1. The van der Waals surface area contributed by atoms with Crippen molar-refractivity contribution in [3.8, 4) is 5.69 Å².